The topological polar surface area (TPSA) is 84.7 Å². The van der Waals surface area contributed by atoms with Gasteiger partial charge in [-0.25, -0.2) is 0 Å². The second-order valence-electron chi connectivity index (χ2n) is 4.90. The first-order valence-corrected chi connectivity index (χ1v) is 6.95. The molecule has 1 unspecified atom stereocenters. The van der Waals surface area contributed by atoms with Crippen molar-refractivity contribution in [2.24, 2.45) is 0 Å². The summed E-state index contributed by atoms with van der Waals surface area (Å²) >= 11 is 0. The Bertz CT molecular complexity index is 547. The normalized spacial score (nSPS) is 18.1. The molecule has 1 fully saturated rings. The van der Waals surface area contributed by atoms with Crippen molar-refractivity contribution >= 4 is 17.3 Å². The Morgan fingerprint density at radius 3 is 2.90 bits per heavy atom. The molecule has 114 valence electrons. The van der Waals surface area contributed by atoms with Gasteiger partial charge in [0.2, 0.25) is 5.91 Å². The number of nitrogens with zero attached hydrogens (tertiary/aromatic N) is 2. The third-order valence-electron chi connectivity index (χ3n) is 3.51. The lowest BCUT2D eigenvalue weighted by Gasteiger charge is -2.19. The van der Waals surface area contributed by atoms with E-state index in [1.807, 2.05) is 6.92 Å². The van der Waals surface area contributed by atoms with E-state index in [9.17, 15) is 14.9 Å². The molecule has 7 nitrogen and oxygen atoms in total. The third-order valence-corrected chi connectivity index (χ3v) is 3.51. The van der Waals surface area contributed by atoms with Gasteiger partial charge in [-0.05, 0) is 25.5 Å². The van der Waals surface area contributed by atoms with Gasteiger partial charge in [-0.15, -0.1) is 0 Å². The number of anilines is 1. The van der Waals surface area contributed by atoms with Crippen molar-refractivity contribution < 1.29 is 14.5 Å². The van der Waals surface area contributed by atoms with E-state index in [0.29, 0.717) is 18.0 Å². The average Bonchev–Trinajstić information content (AvgIpc) is 2.85. The number of nitrogens with one attached hydrogen (secondary N) is 1. The molecule has 7 heteroatoms. The van der Waals surface area contributed by atoms with E-state index < -0.39 is 4.92 Å². The first-order chi connectivity index (χ1) is 10.1. The fourth-order valence-corrected chi connectivity index (χ4v) is 2.43. The summed E-state index contributed by atoms with van der Waals surface area (Å²) in [6.07, 6.45) is 1.68. The van der Waals surface area contributed by atoms with E-state index in [1.165, 1.54) is 19.2 Å². The summed E-state index contributed by atoms with van der Waals surface area (Å²) in [4.78, 5) is 24.3. The molecule has 1 N–H and O–H groups in total. The van der Waals surface area contributed by atoms with E-state index in [1.54, 1.807) is 11.0 Å². The summed E-state index contributed by atoms with van der Waals surface area (Å²) in [5.74, 6) is 0.323. The molecule has 2 rings (SSSR count). The molecule has 1 atom stereocenters. The van der Waals surface area contributed by atoms with Gasteiger partial charge in [0.25, 0.3) is 5.69 Å². The maximum atomic E-state index is 12.4. The number of carbonyl (C=O) groups excluding carboxylic acids is 1. The molecule has 1 aliphatic rings. The van der Waals surface area contributed by atoms with E-state index in [0.717, 1.165) is 19.4 Å². The molecular weight excluding hydrogens is 274 g/mol. The maximum absolute atomic E-state index is 12.4. The number of non-ortho nitro benzene ring substituents is 1. The molecule has 1 saturated heterocycles. The predicted molar refractivity (Wildman–Crippen MR) is 78.7 cm³/mol. The zero-order chi connectivity index (χ0) is 15.4. The van der Waals surface area contributed by atoms with Crippen molar-refractivity contribution in [2.75, 3.05) is 25.1 Å². The van der Waals surface area contributed by atoms with Gasteiger partial charge in [0.1, 0.15) is 5.75 Å². The lowest BCUT2D eigenvalue weighted by atomic mass is 10.2. The lowest BCUT2D eigenvalue weighted by molar-refractivity contribution is -0.384. The first-order valence-electron chi connectivity index (χ1n) is 6.95. The van der Waals surface area contributed by atoms with Gasteiger partial charge in [-0.1, -0.05) is 6.92 Å². The van der Waals surface area contributed by atoms with Crippen LogP contribution in [0, 0.1) is 10.1 Å². The Morgan fingerprint density at radius 2 is 2.29 bits per heavy atom. The number of rotatable bonds is 6. The minimum Gasteiger partial charge on any atom is -0.494 e. The number of hydrogen-bond donors (Lipinski definition) is 1. The van der Waals surface area contributed by atoms with E-state index in [-0.39, 0.29) is 17.6 Å². The summed E-state index contributed by atoms with van der Waals surface area (Å²) in [7, 11) is 1.44. The molecule has 0 aromatic heterocycles. The van der Waals surface area contributed by atoms with E-state index in [4.69, 9.17) is 4.74 Å². The summed E-state index contributed by atoms with van der Waals surface area (Å²) in [6, 6.07) is 4.11. The summed E-state index contributed by atoms with van der Waals surface area (Å²) in [5.41, 5.74) is 0.525. The van der Waals surface area contributed by atoms with Crippen LogP contribution in [-0.4, -0.2) is 37.1 Å². The second kappa shape index (κ2) is 6.53. The number of ether oxygens (including phenoxy) is 1. The van der Waals surface area contributed by atoms with E-state index >= 15 is 0 Å². The molecule has 0 radical (unpaired) electrons. The Morgan fingerprint density at radius 1 is 1.52 bits per heavy atom. The molecular formula is C14H19N3O4. The Labute approximate surface area is 123 Å². The zero-order valence-corrected chi connectivity index (χ0v) is 12.2. The van der Waals surface area contributed by atoms with Crippen molar-refractivity contribution in [1.29, 1.82) is 0 Å². The smallest absolute Gasteiger partial charge is 0.273 e. The van der Waals surface area contributed by atoms with Crippen LogP contribution in [0.1, 0.15) is 19.8 Å². The number of hydrogen-bond acceptors (Lipinski definition) is 5. The van der Waals surface area contributed by atoms with Crippen LogP contribution in [0.25, 0.3) is 0 Å². The second-order valence-corrected chi connectivity index (χ2v) is 4.90. The van der Waals surface area contributed by atoms with Crippen LogP contribution in [0.4, 0.5) is 11.4 Å². The standard InChI is InChI=1S/C14H19N3O4/c1-3-7-15-11-6-8-16(14(11)18)12-5-4-10(17(19)20)9-13(12)21-2/h4-5,9,11,15H,3,6-8H2,1-2H3. The van der Waals surface area contributed by atoms with Crippen LogP contribution in [0.3, 0.4) is 0 Å². The van der Waals surface area contributed by atoms with Crippen molar-refractivity contribution in [2.45, 2.75) is 25.8 Å². The molecule has 0 bridgehead atoms. The number of benzene rings is 1. The van der Waals surface area contributed by atoms with Gasteiger partial charge in [0.05, 0.1) is 29.8 Å². The van der Waals surface area contributed by atoms with Crippen LogP contribution in [-0.2, 0) is 4.79 Å². The highest BCUT2D eigenvalue weighted by Crippen LogP contribution is 2.34. The van der Waals surface area contributed by atoms with Crippen molar-refractivity contribution in [3.8, 4) is 5.75 Å². The van der Waals surface area contributed by atoms with Gasteiger partial charge < -0.3 is 15.0 Å². The monoisotopic (exact) mass is 293 g/mol. The van der Waals surface area contributed by atoms with Crippen LogP contribution in [0.5, 0.6) is 5.75 Å². The fraction of sp³-hybridized carbons (Fsp3) is 0.500. The van der Waals surface area contributed by atoms with Crippen LogP contribution in [0.2, 0.25) is 0 Å². The summed E-state index contributed by atoms with van der Waals surface area (Å²) in [6.45, 7) is 3.42. The Balaban J connectivity index is 2.22. The van der Waals surface area contributed by atoms with Gasteiger partial charge in [-0.3, -0.25) is 14.9 Å². The number of nitro benzene ring substituents is 1. The third kappa shape index (κ3) is 3.13. The number of nitro groups is 1. The minimum atomic E-state index is -0.482. The van der Waals surface area contributed by atoms with Gasteiger partial charge in [0, 0.05) is 12.6 Å². The summed E-state index contributed by atoms with van der Waals surface area (Å²) in [5, 5.41) is 14.0. The highest BCUT2D eigenvalue weighted by atomic mass is 16.6. The molecule has 1 heterocycles. The average molecular weight is 293 g/mol. The van der Waals surface area contributed by atoms with Crippen LogP contribution in [0.15, 0.2) is 18.2 Å². The van der Waals surface area contributed by atoms with Crippen molar-refractivity contribution in [3.63, 3.8) is 0 Å². The molecule has 1 aromatic rings. The van der Waals surface area contributed by atoms with Crippen molar-refractivity contribution in [3.05, 3.63) is 28.3 Å². The van der Waals surface area contributed by atoms with Gasteiger partial charge >= 0.3 is 0 Å². The minimum absolute atomic E-state index is 0.0180. The van der Waals surface area contributed by atoms with Gasteiger partial charge in [0.15, 0.2) is 0 Å². The highest BCUT2D eigenvalue weighted by Gasteiger charge is 2.33. The molecule has 0 aliphatic carbocycles. The molecule has 1 amide bonds. The quantitative estimate of drug-likeness (QED) is 0.637. The summed E-state index contributed by atoms with van der Waals surface area (Å²) < 4.78 is 5.19. The molecule has 21 heavy (non-hydrogen) atoms. The SMILES string of the molecule is CCCNC1CCN(c2ccc([N+](=O)[O-])cc2OC)C1=O. The molecule has 0 spiro atoms. The number of amides is 1. The predicted octanol–water partition coefficient (Wildman–Crippen LogP) is 1.71. The lowest BCUT2D eigenvalue weighted by Crippen LogP contribution is -2.38. The maximum Gasteiger partial charge on any atom is 0.273 e. The molecule has 0 saturated carbocycles. The van der Waals surface area contributed by atoms with Crippen molar-refractivity contribution in [1.82, 2.24) is 5.32 Å². The fourth-order valence-electron chi connectivity index (χ4n) is 2.43. The number of methoxy groups -OCH3 is 1. The first kappa shape index (κ1) is 15.2. The van der Waals surface area contributed by atoms with Crippen LogP contribution >= 0.6 is 0 Å². The Kier molecular flexibility index (Phi) is 4.74. The number of carbonyl (C=O) groups is 1. The van der Waals surface area contributed by atoms with E-state index in [2.05, 4.69) is 5.32 Å². The molecule has 1 aliphatic heterocycles. The molecule has 1 aromatic carbocycles. The Hall–Kier alpha value is -2.15. The zero-order valence-electron chi connectivity index (χ0n) is 12.2. The highest BCUT2D eigenvalue weighted by molar-refractivity contribution is 6.00. The largest absolute Gasteiger partial charge is 0.494 e. The van der Waals surface area contributed by atoms with Crippen LogP contribution < -0.4 is 15.0 Å². The van der Waals surface area contributed by atoms with Gasteiger partial charge in [-0.2, -0.15) is 0 Å².